The summed E-state index contributed by atoms with van der Waals surface area (Å²) in [7, 11) is 1.99. The van der Waals surface area contributed by atoms with Crippen molar-refractivity contribution in [1.82, 2.24) is 14.5 Å². The van der Waals surface area contributed by atoms with E-state index in [2.05, 4.69) is 95.7 Å². The van der Waals surface area contributed by atoms with Gasteiger partial charge in [-0.15, -0.1) is 0 Å². The molecule has 0 bridgehead atoms. The van der Waals surface area contributed by atoms with Crippen molar-refractivity contribution in [2.75, 3.05) is 11.2 Å². The van der Waals surface area contributed by atoms with Crippen LogP contribution in [0.2, 0.25) is 0 Å². The van der Waals surface area contributed by atoms with Gasteiger partial charge in [0.2, 0.25) is 0 Å². The number of halogens is 8. The monoisotopic (exact) mass is 1070 g/mol. The molecule has 4 nitrogen and oxygen atoms in total. The lowest BCUT2D eigenvalue weighted by molar-refractivity contribution is 0.436. The van der Waals surface area contributed by atoms with Crippen molar-refractivity contribution in [2.24, 2.45) is 13.0 Å². The average molecular weight is 1070 g/mol. The van der Waals surface area contributed by atoms with Gasteiger partial charge in [0.05, 0.1) is 23.3 Å². The second-order valence-electron chi connectivity index (χ2n) is 16.7. The Labute approximate surface area is 450 Å². The van der Waals surface area contributed by atoms with Gasteiger partial charge in [0, 0.05) is 52.6 Å². The van der Waals surface area contributed by atoms with Crippen LogP contribution >= 0.6 is 12.6 Å². The maximum atomic E-state index is 15.4. The Kier molecular flexibility index (Phi) is 25.9. The predicted octanol–water partition coefficient (Wildman–Crippen LogP) is 19.7. The Morgan fingerprint density at radius 3 is 1.51 bits per heavy atom. The van der Waals surface area contributed by atoms with E-state index in [1.54, 1.807) is 30.5 Å². The average Bonchev–Trinajstić information content (AvgIpc) is 3.87. The van der Waals surface area contributed by atoms with Gasteiger partial charge in [-0.1, -0.05) is 133 Å². The highest BCUT2D eigenvalue weighted by Gasteiger charge is 2.29. The van der Waals surface area contributed by atoms with E-state index in [4.69, 9.17) is 0 Å². The van der Waals surface area contributed by atoms with Gasteiger partial charge < -0.3 is 9.47 Å². The third kappa shape index (κ3) is 15.3. The standard InChI is InChI=1S/C36H29F4N3.C12H13N.C8H6F4.3C2H6.CH4S/c1-22-9-11-25(12-10-22)30-19-20-31(42(30)3)26-13-15-27(16-14-26)43(36-34(39)32(37)23(2)33(38)35(36)40)28-17-18-29(41-21-28)24-7-5-4-6-8-24;1-10-7-8-12(13-9-10)11-5-3-2-4-6-11;1-3-5(9)7(11)4(2)8(12)6(3)10;4*1-2/h4-9,11-22H,10H2,1-3H3;2-3,5,7-9H,4,6H2,1H3;1-2H3;3*1-2H3;2H,1H3. The molecule has 7 aromatic rings. The zero-order valence-electron chi connectivity index (χ0n) is 45.7. The van der Waals surface area contributed by atoms with Crippen LogP contribution in [0.1, 0.15) is 101 Å². The number of aromatic nitrogens is 3. The molecule has 0 fully saturated rings. The molecule has 4 aromatic carbocycles. The van der Waals surface area contributed by atoms with Crippen molar-refractivity contribution < 1.29 is 35.1 Å². The third-order valence-electron chi connectivity index (χ3n) is 11.9. The van der Waals surface area contributed by atoms with Gasteiger partial charge in [0.15, 0.2) is 46.5 Å². The molecule has 9 rings (SSSR count). The number of anilines is 3. The summed E-state index contributed by atoms with van der Waals surface area (Å²) in [6.45, 7) is 19.2. The normalized spacial score (nSPS) is 12.9. The number of hydrogen-bond donors (Lipinski definition) is 1. The quantitative estimate of drug-likeness (QED) is 0.0981. The lowest BCUT2D eigenvalue weighted by Gasteiger charge is -2.27. The van der Waals surface area contributed by atoms with Gasteiger partial charge in [0.1, 0.15) is 5.69 Å². The topological polar surface area (TPSA) is 34.0 Å². The molecular weight excluding hydrogens is 997 g/mol. The summed E-state index contributed by atoms with van der Waals surface area (Å²) in [6.07, 6.45) is 21.3. The predicted molar refractivity (Wildman–Crippen MR) is 304 cm³/mol. The molecule has 76 heavy (non-hydrogen) atoms. The van der Waals surface area contributed by atoms with Crippen LogP contribution in [0.5, 0.6) is 0 Å². The van der Waals surface area contributed by atoms with E-state index >= 15 is 8.78 Å². The minimum Gasteiger partial charge on any atom is -0.344 e. The van der Waals surface area contributed by atoms with Crippen LogP contribution < -0.4 is 4.90 Å². The molecule has 0 spiro atoms. The zero-order valence-corrected chi connectivity index (χ0v) is 46.6. The molecule has 0 radical (unpaired) electrons. The fraction of sp³-hybridized carbons (Fsp3) is 0.270. The second kappa shape index (κ2) is 31.2. The molecule has 0 N–H and O–H groups in total. The molecule has 13 heteroatoms. The lowest BCUT2D eigenvalue weighted by Crippen LogP contribution is -2.17. The molecule has 3 heterocycles. The first-order valence-electron chi connectivity index (χ1n) is 25.4. The minimum atomic E-state index is -1.48. The van der Waals surface area contributed by atoms with Crippen molar-refractivity contribution in [3.63, 3.8) is 0 Å². The SMILES string of the molecule is CC.CC.CC.CS.Cc1c(F)c(F)c(C)c(F)c1F.Cc1c(F)c(F)c(N(c2ccc(-c3ccc(C4=CCC(C)C=C4)n3C)cc2)c2ccc(-c3ccccc3)nc2)c(F)c1F.Cc1ccc(C2=CC=CCC2)nc1. The Morgan fingerprint density at radius 1 is 0.553 bits per heavy atom. The molecule has 0 amide bonds. The van der Waals surface area contributed by atoms with Crippen LogP contribution in [0, 0.1) is 80.2 Å². The molecule has 2 aliphatic rings. The highest BCUT2D eigenvalue weighted by molar-refractivity contribution is 7.79. The highest BCUT2D eigenvalue weighted by Crippen LogP contribution is 2.41. The molecule has 3 aromatic heterocycles. The van der Waals surface area contributed by atoms with Crippen molar-refractivity contribution in [3.05, 3.63) is 220 Å². The highest BCUT2D eigenvalue weighted by atomic mass is 32.1. The van der Waals surface area contributed by atoms with Crippen LogP contribution in [0.4, 0.5) is 52.2 Å². The molecule has 2 aliphatic carbocycles. The molecule has 0 saturated carbocycles. The van der Waals surface area contributed by atoms with Crippen LogP contribution in [0.25, 0.3) is 33.7 Å². The fourth-order valence-corrected chi connectivity index (χ4v) is 7.75. The van der Waals surface area contributed by atoms with Gasteiger partial charge >= 0.3 is 0 Å². The van der Waals surface area contributed by atoms with Crippen LogP contribution in [-0.2, 0) is 7.05 Å². The number of allylic oxidation sites excluding steroid dienone is 8. The summed E-state index contributed by atoms with van der Waals surface area (Å²) in [5.41, 5.74) is 6.92. The summed E-state index contributed by atoms with van der Waals surface area (Å²) in [5.74, 6) is -10.7. The van der Waals surface area contributed by atoms with Crippen molar-refractivity contribution in [2.45, 2.75) is 95.4 Å². The van der Waals surface area contributed by atoms with E-state index in [9.17, 15) is 26.3 Å². The first kappa shape index (κ1) is 63.3. The summed E-state index contributed by atoms with van der Waals surface area (Å²) in [6, 6.07) is 28.0. The van der Waals surface area contributed by atoms with Crippen molar-refractivity contribution in [1.29, 1.82) is 0 Å². The Bertz CT molecular complexity index is 2940. The summed E-state index contributed by atoms with van der Waals surface area (Å²) < 4.78 is 113. The van der Waals surface area contributed by atoms with Gasteiger partial charge in [-0.05, 0) is 124 Å². The van der Waals surface area contributed by atoms with E-state index in [1.165, 1.54) is 17.3 Å². The van der Waals surface area contributed by atoms with Crippen LogP contribution in [0.15, 0.2) is 140 Å². The zero-order chi connectivity index (χ0) is 56.8. The number of thiol groups is 1. The number of rotatable bonds is 7. The summed E-state index contributed by atoms with van der Waals surface area (Å²) >= 11 is 3.53. The van der Waals surface area contributed by atoms with Crippen molar-refractivity contribution in [3.8, 4) is 22.5 Å². The first-order chi connectivity index (χ1) is 36.6. The number of hydrogen-bond acceptors (Lipinski definition) is 4. The Morgan fingerprint density at radius 2 is 1.05 bits per heavy atom. The van der Waals surface area contributed by atoms with Gasteiger partial charge in [0.25, 0.3) is 0 Å². The first-order valence-corrected chi connectivity index (χ1v) is 26.3. The molecule has 1 unspecified atom stereocenters. The second-order valence-corrected chi connectivity index (χ2v) is 16.7. The van der Waals surface area contributed by atoms with E-state index < -0.39 is 68.9 Å². The van der Waals surface area contributed by atoms with E-state index in [0.717, 1.165) is 78.7 Å². The number of pyridine rings is 2. The van der Waals surface area contributed by atoms with Gasteiger partial charge in [-0.25, -0.2) is 35.1 Å². The van der Waals surface area contributed by atoms with E-state index in [1.807, 2.05) is 103 Å². The number of nitrogens with zero attached hydrogens (tertiary/aromatic N) is 4. The smallest absolute Gasteiger partial charge is 0.186 e. The molecule has 0 aliphatic heterocycles. The van der Waals surface area contributed by atoms with Crippen molar-refractivity contribution >= 4 is 40.8 Å². The van der Waals surface area contributed by atoms with Crippen LogP contribution in [-0.4, -0.2) is 20.8 Å². The van der Waals surface area contributed by atoms with E-state index in [-0.39, 0.29) is 5.69 Å². The maximum Gasteiger partial charge on any atom is 0.186 e. The Balaban J connectivity index is 0.000000374. The molecule has 404 valence electrons. The molecule has 0 saturated heterocycles. The molecule has 1 atom stereocenters. The number of benzene rings is 4. The third-order valence-corrected chi connectivity index (χ3v) is 11.9. The fourth-order valence-electron chi connectivity index (χ4n) is 7.75. The van der Waals surface area contributed by atoms with Crippen LogP contribution in [0.3, 0.4) is 0 Å². The largest absolute Gasteiger partial charge is 0.344 e. The Hall–Kier alpha value is -6.99. The maximum absolute atomic E-state index is 15.4. The number of aryl methyl sites for hydroxylation is 1. The summed E-state index contributed by atoms with van der Waals surface area (Å²) in [5, 5.41) is 0. The summed E-state index contributed by atoms with van der Waals surface area (Å²) in [4.78, 5) is 10.0. The molecular formula is C63H70F8N4S. The van der Waals surface area contributed by atoms with E-state index in [0.29, 0.717) is 17.3 Å². The van der Waals surface area contributed by atoms with Gasteiger partial charge in [-0.2, -0.15) is 12.6 Å². The lowest BCUT2D eigenvalue weighted by atomic mass is 9.97. The minimum absolute atomic E-state index is 0.235. The van der Waals surface area contributed by atoms with Gasteiger partial charge in [-0.3, -0.25) is 9.97 Å².